The van der Waals surface area contributed by atoms with Crippen LogP contribution < -0.4 is 4.90 Å². The van der Waals surface area contributed by atoms with Crippen LogP contribution in [0.25, 0.3) is 0 Å². The molecular weight excluding hydrogens is 296 g/mol. The van der Waals surface area contributed by atoms with Crippen molar-refractivity contribution < 1.29 is 4.79 Å². The van der Waals surface area contributed by atoms with Crippen molar-refractivity contribution in [1.82, 2.24) is 4.90 Å². The van der Waals surface area contributed by atoms with Crippen LogP contribution in [0.2, 0.25) is 0 Å². The lowest BCUT2D eigenvalue weighted by atomic mass is 9.97. The molecule has 0 aromatic heterocycles. The number of likely N-dealkylation sites (tertiary alicyclic amines) is 1. The van der Waals surface area contributed by atoms with Crippen LogP contribution in [0.15, 0.2) is 54.3 Å². The summed E-state index contributed by atoms with van der Waals surface area (Å²) >= 11 is 0. The number of amides is 1. The highest BCUT2D eigenvalue weighted by Crippen LogP contribution is 2.33. The van der Waals surface area contributed by atoms with Gasteiger partial charge >= 0.3 is 0 Å². The lowest BCUT2D eigenvalue weighted by molar-refractivity contribution is -0.127. The number of rotatable bonds is 2. The highest BCUT2D eigenvalue weighted by Gasteiger charge is 2.38. The Kier molecular flexibility index (Phi) is 4.01. The lowest BCUT2D eigenvalue weighted by Gasteiger charge is -2.35. The van der Waals surface area contributed by atoms with Gasteiger partial charge in [-0.15, -0.1) is 0 Å². The Morgan fingerprint density at radius 1 is 1.12 bits per heavy atom. The van der Waals surface area contributed by atoms with Crippen LogP contribution in [-0.4, -0.2) is 29.9 Å². The maximum atomic E-state index is 13.1. The van der Waals surface area contributed by atoms with E-state index in [1.165, 1.54) is 16.8 Å². The predicted octanol–water partition coefficient (Wildman–Crippen LogP) is 3.75. The van der Waals surface area contributed by atoms with Crippen LogP contribution in [0, 0.1) is 6.92 Å². The summed E-state index contributed by atoms with van der Waals surface area (Å²) in [6, 6.07) is 6.64. The second kappa shape index (κ2) is 6.31. The number of anilines is 1. The highest BCUT2D eigenvalue weighted by atomic mass is 16.2. The third-order valence-electron chi connectivity index (χ3n) is 5.26. The average molecular weight is 320 g/mol. The van der Waals surface area contributed by atoms with Crippen LogP contribution in [0.5, 0.6) is 0 Å². The monoisotopic (exact) mass is 320 g/mol. The summed E-state index contributed by atoms with van der Waals surface area (Å²) < 4.78 is 0. The smallest absolute Gasteiger partial charge is 0.249 e. The molecule has 0 spiro atoms. The van der Waals surface area contributed by atoms with E-state index in [2.05, 4.69) is 42.2 Å². The molecule has 3 nitrogen and oxygen atoms in total. The molecule has 1 atom stereocenters. The summed E-state index contributed by atoms with van der Waals surface area (Å²) in [5.41, 5.74) is 5.08. The van der Waals surface area contributed by atoms with Crippen LogP contribution in [0.4, 0.5) is 5.69 Å². The van der Waals surface area contributed by atoms with Crippen LogP contribution in [0.1, 0.15) is 30.4 Å². The fourth-order valence-electron chi connectivity index (χ4n) is 4.08. The number of carbonyl (C=O) groups is 1. The fourth-order valence-corrected chi connectivity index (χ4v) is 4.08. The normalized spacial score (nSPS) is 23.3. The molecule has 0 N–H and O–H groups in total. The minimum absolute atomic E-state index is 0.0103. The quantitative estimate of drug-likeness (QED) is 0.828. The first-order valence-electron chi connectivity index (χ1n) is 8.94. The molecule has 1 aromatic rings. The molecule has 0 bridgehead atoms. The molecule has 1 fully saturated rings. The van der Waals surface area contributed by atoms with Crippen molar-refractivity contribution in [1.29, 1.82) is 0 Å². The third kappa shape index (κ3) is 2.68. The van der Waals surface area contributed by atoms with Gasteiger partial charge in [-0.2, -0.15) is 0 Å². The van der Waals surface area contributed by atoms with E-state index >= 15 is 0 Å². The minimum Gasteiger partial charge on any atom is -0.359 e. The number of carbonyl (C=O) groups excluding carboxylic acids is 1. The summed E-state index contributed by atoms with van der Waals surface area (Å²) in [4.78, 5) is 17.4. The summed E-state index contributed by atoms with van der Waals surface area (Å²) in [5.74, 6) is 0.262. The van der Waals surface area contributed by atoms with E-state index in [4.69, 9.17) is 0 Å². The van der Waals surface area contributed by atoms with Crippen LogP contribution >= 0.6 is 0 Å². The molecule has 0 saturated carbocycles. The van der Waals surface area contributed by atoms with Crippen molar-refractivity contribution in [3.8, 4) is 0 Å². The number of hydrogen-bond donors (Lipinski definition) is 0. The van der Waals surface area contributed by atoms with Crippen molar-refractivity contribution >= 4 is 11.6 Å². The molecule has 1 saturated heterocycles. The molecule has 1 aromatic carbocycles. The maximum Gasteiger partial charge on any atom is 0.249 e. The number of hydrogen-bond acceptors (Lipinski definition) is 2. The maximum absolute atomic E-state index is 13.1. The van der Waals surface area contributed by atoms with Crippen LogP contribution in [0.3, 0.4) is 0 Å². The number of fused-ring (bicyclic) bond motifs is 1. The van der Waals surface area contributed by atoms with Crippen molar-refractivity contribution in [2.45, 2.75) is 38.6 Å². The van der Waals surface area contributed by atoms with Gasteiger partial charge in [-0.3, -0.25) is 4.79 Å². The van der Waals surface area contributed by atoms with Gasteiger partial charge in [-0.25, -0.2) is 0 Å². The summed E-state index contributed by atoms with van der Waals surface area (Å²) in [5, 5.41) is 0. The summed E-state index contributed by atoms with van der Waals surface area (Å²) in [7, 11) is 0. The van der Waals surface area contributed by atoms with Gasteiger partial charge in [0.2, 0.25) is 5.91 Å². The minimum atomic E-state index is -0.0103. The Balaban J connectivity index is 1.59. The molecule has 24 heavy (non-hydrogen) atoms. The highest BCUT2D eigenvalue weighted by molar-refractivity contribution is 5.89. The first-order valence-corrected chi connectivity index (χ1v) is 8.94. The first-order chi connectivity index (χ1) is 11.7. The van der Waals surface area contributed by atoms with Crippen molar-refractivity contribution in [2.24, 2.45) is 0 Å². The van der Waals surface area contributed by atoms with Crippen LogP contribution in [-0.2, 0) is 11.2 Å². The van der Waals surface area contributed by atoms with Gasteiger partial charge in [-0.1, -0.05) is 42.0 Å². The topological polar surface area (TPSA) is 23.6 Å². The van der Waals surface area contributed by atoms with E-state index < -0.39 is 0 Å². The molecule has 4 rings (SSSR count). The van der Waals surface area contributed by atoms with E-state index in [9.17, 15) is 4.79 Å². The molecule has 1 aliphatic carbocycles. The summed E-state index contributed by atoms with van der Waals surface area (Å²) in [6.07, 6.45) is 14.3. The molecule has 3 heteroatoms. The molecule has 1 amide bonds. The van der Waals surface area contributed by atoms with Gasteiger partial charge in [0.15, 0.2) is 0 Å². The Bertz CT molecular complexity index is 744. The zero-order chi connectivity index (χ0) is 16.5. The van der Waals surface area contributed by atoms with E-state index in [1.54, 1.807) is 0 Å². The number of allylic oxidation sites excluding steroid dienone is 5. The van der Waals surface area contributed by atoms with Gasteiger partial charge in [0.05, 0.1) is 0 Å². The second-order valence-electron chi connectivity index (χ2n) is 6.90. The van der Waals surface area contributed by atoms with E-state index in [1.807, 2.05) is 23.1 Å². The second-order valence-corrected chi connectivity index (χ2v) is 6.90. The van der Waals surface area contributed by atoms with E-state index in [-0.39, 0.29) is 11.9 Å². The van der Waals surface area contributed by atoms with Crippen molar-refractivity contribution in [2.75, 3.05) is 18.0 Å². The first kappa shape index (κ1) is 15.3. The molecule has 1 unspecified atom stereocenters. The Morgan fingerprint density at radius 3 is 2.96 bits per heavy atom. The lowest BCUT2D eigenvalue weighted by Crippen LogP contribution is -2.44. The van der Waals surface area contributed by atoms with Gasteiger partial charge in [0.1, 0.15) is 6.04 Å². The molecular formula is C21H24N2O. The van der Waals surface area contributed by atoms with E-state index in [0.29, 0.717) is 0 Å². The molecule has 0 radical (unpaired) electrons. The Labute approximate surface area is 144 Å². The number of aryl methyl sites for hydroxylation is 2. The Morgan fingerprint density at radius 2 is 2.04 bits per heavy atom. The van der Waals surface area contributed by atoms with E-state index in [0.717, 1.165) is 44.5 Å². The van der Waals surface area contributed by atoms with Gasteiger partial charge in [0, 0.05) is 30.9 Å². The number of nitrogens with zero attached hydrogens (tertiary/aromatic N) is 2. The molecule has 2 aliphatic heterocycles. The van der Waals surface area contributed by atoms with Crippen molar-refractivity contribution in [3.63, 3.8) is 0 Å². The largest absolute Gasteiger partial charge is 0.359 e. The van der Waals surface area contributed by atoms with Crippen molar-refractivity contribution in [3.05, 3.63) is 65.4 Å². The standard InChI is InChI=1S/C21H24N2O/c1-16-10-11-19-17(15-16)7-6-13-23(19)20-12-14-22(21(20)24)18-8-4-2-3-5-9-18/h2-5,8,10-11,15,20H,6-7,9,12-14H2,1H3. The SMILES string of the molecule is Cc1ccc2c(c1)CCCN2C1CCN(C2=CC=CC=CC2)C1=O. The Hall–Kier alpha value is -2.29. The van der Waals surface area contributed by atoms with Gasteiger partial charge < -0.3 is 9.80 Å². The molecule has 124 valence electrons. The zero-order valence-corrected chi connectivity index (χ0v) is 14.2. The average Bonchev–Trinajstić information content (AvgIpc) is 2.80. The summed E-state index contributed by atoms with van der Waals surface area (Å²) in [6.45, 7) is 3.95. The molecule has 2 heterocycles. The fraction of sp³-hybridized carbons (Fsp3) is 0.381. The predicted molar refractivity (Wildman–Crippen MR) is 97.9 cm³/mol. The third-order valence-corrected chi connectivity index (χ3v) is 5.26. The number of benzene rings is 1. The van der Waals surface area contributed by atoms with Gasteiger partial charge in [-0.05, 0) is 43.9 Å². The van der Waals surface area contributed by atoms with Gasteiger partial charge in [0.25, 0.3) is 0 Å². The zero-order valence-electron chi connectivity index (χ0n) is 14.2. The molecule has 3 aliphatic rings.